The van der Waals surface area contributed by atoms with Crippen LogP contribution in [0.15, 0.2) is 12.3 Å². The number of carbonyl (C=O) groups is 1. The number of hydrogen-bond donors (Lipinski definition) is 1. The van der Waals surface area contributed by atoms with Gasteiger partial charge in [0, 0.05) is 31.5 Å². The zero-order valence-electron chi connectivity index (χ0n) is 11.7. The Morgan fingerprint density at radius 2 is 2.19 bits per heavy atom. The summed E-state index contributed by atoms with van der Waals surface area (Å²) in [6, 6.07) is 1.62. The van der Waals surface area contributed by atoms with Crippen LogP contribution < -0.4 is 0 Å². The first-order chi connectivity index (χ1) is 10.1. The highest BCUT2D eigenvalue weighted by molar-refractivity contribution is 5.79. The van der Waals surface area contributed by atoms with Crippen molar-refractivity contribution in [3.05, 3.63) is 18.0 Å². The molecule has 1 atom stereocenters. The molecule has 116 valence electrons. The van der Waals surface area contributed by atoms with Crippen LogP contribution in [0.1, 0.15) is 37.4 Å². The van der Waals surface area contributed by atoms with Gasteiger partial charge in [0.1, 0.15) is 0 Å². The van der Waals surface area contributed by atoms with Gasteiger partial charge in [-0.25, -0.2) is 8.78 Å². The molecule has 0 radical (unpaired) electrons. The molecule has 0 aromatic carbocycles. The van der Waals surface area contributed by atoms with Crippen LogP contribution in [0.25, 0.3) is 0 Å². The lowest BCUT2D eigenvalue weighted by Crippen LogP contribution is -2.47. The van der Waals surface area contributed by atoms with Crippen LogP contribution in [0.2, 0.25) is 0 Å². The Morgan fingerprint density at radius 3 is 2.86 bits per heavy atom. The fourth-order valence-electron chi connectivity index (χ4n) is 3.10. The van der Waals surface area contributed by atoms with Gasteiger partial charge in [0.05, 0.1) is 24.9 Å². The Morgan fingerprint density at radius 1 is 1.43 bits per heavy atom. The topological polar surface area (TPSA) is 58.2 Å². The van der Waals surface area contributed by atoms with Crippen LogP contribution in [0, 0.1) is 5.92 Å². The van der Waals surface area contributed by atoms with Gasteiger partial charge in [0.25, 0.3) is 0 Å². The lowest BCUT2D eigenvalue weighted by molar-refractivity contribution is -0.148. The molecule has 1 aliphatic heterocycles. The summed E-state index contributed by atoms with van der Waals surface area (Å²) in [6.45, 7) is 1.39. The molecule has 2 heterocycles. The number of ether oxygens (including phenoxy) is 1. The first-order valence-electron chi connectivity index (χ1n) is 7.32. The molecule has 2 fully saturated rings. The molecule has 0 bridgehead atoms. The molecule has 5 nitrogen and oxygen atoms in total. The average Bonchev–Trinajstić information content (AvgIpc) is 3.01. The lowest BCUT2D eigenvalue weighted by Gasteiger charge is -2.38. The van der Waals surface area contributed by atoms with Crippen LogP contribution in [0.3, 0.4) is 0 Å². The van der Waals surface area contributed by atoms with Crippen LogP contribution >= 0.6 is 0 Å². The van der Waals surface area contributed by atoms with E-state index in [2.05, 4.69) is 10.2 Å². The van der Waals surface area contributed by atoms with E-state index in [4.69, 9.17) is 4.74 Å². The highest BCUT2D eigenvalue weighted by Crippen LogP contribution is 2.38. The molecule has 1 amide bonds. The summed E-state index contributed by atoms with van der Waals surface area (Å²) in [5.74, 6) is -2.94. The first-order valence-corrected chi connectivity index (χ1v) is 7.32. The second kappa shape index (κ2) is 5.71. The third-order valence-corrected chi connectivity index (χ3v) is 4.36. The zero-order valence-corrected chi connectivity index (χ0v) is 11.7. The van der Waals surface area contributed by atoms with Crippen LogP contribution in [0.5, 0.6) is 0 Å². The van der Waals surface area contributed by atoms with E-state index in [1.807, 2.05) is 6.07 Å². The van der Waals surface area contributed by atoms with Gasteiger partial charge in [-0.2, -0.15) is 5.10 Å². The number of H-pyrrole nitrogens is 1. The van der Waals surface area contributed by atoms with Gasteiger partial charge in [-0.05, 0) is 18.9 Å². The molecule has 1 N–H and O–H groups in total. The monoisotopic (exact) mass is 299 g/mol. The number of hydrogen-bond acceptors (Lipinski definition) is 3. The third kappa shape index (κ3) is 3.07. The minimum Gasteiger partial charge on any atom is -0.377 e. The van der Waals surface area contributed by atoms with Crippen molar-refractivity contribution in [3.63, 3.8) is 0 Å². The number of amides is 1. The van der Waals surface area contributed by atoms with E-state index < -0.39 is 5.92 Å². The van der Waals surface area contributed by atoms with Gasteiger partial charge in [-0.1, -0.05) is 0 Å². The molecule has 0 spiro atoms. The molecular formula is C14H19F2N3O2. The van der Waals surface area contributed by atoms with E-state index in [9.17, 15) is 13.6 Å². The highest BCUT2D eigenvalue weighted by atomic mass is 19.3. The van der Waals surface area contributed by atoms with Crippen molar-refractivity contribution in [2.24, 2.45) is 5.92 Å². The minimum atomic E-state index is -2.61. The Bertz CT molecular complexity index is 482. The Kier molecular flexibility index (Phi) is 3.93. The third-order valence-electron chi connectivity index (χ3n) is 4.36. The molecule has 2 aliphatic rings. The molecule has 1 aromatic rings. The fourth-order valence-corrected chi connectivity index (χ4v) is 3.10. The van der Waals surface area contributed by atoms with Gasteiger partial charge in [0.2, 0.25) is 11.8 Å². The average molecular weight is 299 g/mol. The second-order valence-corrected chi connectivity index (χ2v) is 5.76. The molecule has 0 unspecified atom stereocenters. The van der Waals surface area contributed by atoms with E-state index >= 15 is 0 Å². The fraction of sp³-hybridized carbons (Fsp3) is 0.714. The van der Waals surface area contributed by atoms with Crippen molar-refractivity contribution in [2.45, 2.75) is 37.6 Å². The number of nitrogens with one attached hydrogen (secondary N) is 1. The minimum absolute atomic E-state index is 0.0339. The van der Waals surface area contributed by atoms with Crippen molar-refractivity contribution < 1.29 is 18.3 Å². The van der Waals surface area contributed by atoms with Crippen molar-refractivity contribution in [1.82, 2.24) is 15.1 Å². The van der Waals surface area contributed by atoms with Crippen molar-refractivity contribution >= 4 is 5.91 Å². The van der Waals surface area contributed by atoms with E-state index in [1.54, 1.807) is 11.1 Å². The number of halogens is 2. The SMILES string of the molecule is O=C(C1CCC(F)(F)CC1)N1CCOC[C@@H]1c1ccn[nH]1. The van der Waals surface area contributed by atoms with Crippen LogP contribution in [0.4, 0.5) is 8.78 Å². The van der Waals surface area contributed by atoms with E-state index in [-0.39, 0.29) is 43.6 Å². The standard InChI is InChI=1S/C14H19F2N3O2/c15-14(16)4-1-10(2-5-14)13(20)19-7-8-21-9-12(19)11-3-6-17-18-11/h3,6,10,12H,1-2,4-5,7-9H2,(H,17,18)/t12-/m1/s1. The normalized spacial score (nSPS) is 26.8. The van der Waals surface area contributed by atoms with Gasteiger partial charge in [-0.3, -0.25) is 9.89 Å². The lowest BCUT2D eigenvalue weighted by atomic mass is 9.85. The summed E-state index contributed by atoms with van der Waals surface area (Å²) >= 11 is 0. The second-order valence-electron chi connectivity index (χ2n) is 5.76. The number of alkyl halides is 2. The quantitative estimate of drug-likeness (QED) is 0.910. The van der Waals surface area contributed by atoms with Gasteiger partial charge >= 0.3 is 0 Å². The number of rotatable bonds is 2. The van der Waals surface area contributed by atoms with Gasteiger partial charge in [0.15, 0.2) is 0 Å². The molecular weight excluding hydrogens is 280 g/mol. The van der Waals surface area contributed by atoms with Crippen molar-refractivity contribution in [2.75, 3.05) is 19.8 Å². The number of nitrogens with zero attached hydrogens (tertiary/aromatic N) is 2. The summed E-state index contributed by atoms with van der Waals surface area (Å²) in [5.41, 5.74) is 0.823. The highest BCUT2D eigenvalue weighted by Gasteiger charge is 2.40. The summed E-state index contributed by atoms with van der Waals surface area (Å²) in [6.07, 6.45) is 1.77. The predicted octanol–water partition coefficient (Wildman–Crippen LogP) is 2.14. The van der Waals surface area contributed by atoms with Crippen molar-refractivity contribution in [3.8, 4) is 0 Å². The molecule has 21 heavy (non-hydrogen) atoms. The van der Waals surface area contributed by atoms with Crippen molar-refractivity contribution in [1.29, 1.82) is 0 Å². The smallest absolute Gasteiger partial charge is 0.248 e. The zero-order chi connectivity index (χ0) is 14.9. The first kappa shape index (κ1) is 14.4. The molecule has 7 heteroatoms. The Hall–Kier alpha value is -1.50. The van der Waals surface area contributed by atoms with Gasteiger partial charge in [-0.15, -0.1) is 0 Å². The Labute approximate surface area is 121 Å². The Balaban J connectivity index is 1.70. The summed E-state index contributed by atoms with van der Waals surface area (Å²) < 4.78 is 31.9. The van der Waals surface area contributed by atoms with E-state index in [0.29, 0.717) is 19.8 Å². The number of aromatic nitrogens is 2. The summed E-state index contributed by atoms with van der Waals surface area (Å²) in [7, 11) is 0. The van der Waals surface area contributed by atoms with Gasteiger partial charge < -0.3 is 9.64 Å². The van der Waals surface area contributed by atoms with E-state index in [1.165, 1.54) is 0 Å². The summed E-state index contributed by atoms with van der Waals surface area (Å²) in [5, 5.41) is 6.77. The van der Waals surface area contributed by atoms with Crippen LogP contribution in [-0.4, -0.2) is 46.7 Å². The molecule has 1 saturated heterocycles. The maximum Gasteiger partial charge on any atom is 0.248 e. The largest absolute Gasteiger partial charge is 0.377 e. The summed E-state index contributed by atoms with van der Waals surface area (Å²) in [4.78, 5) is 14.4. The number of morpholine rings is 1. The number of aromatic amines is 1. The maximum absolute atomic E-state index is 13.2. The van der Waals surface area contributed by atoms with Crippen LogP contribution in [-0.2, 0) is 9.53 Å². The molecule has 1 aromatic heterocycles. The molecule has 1 saturated carbocycles. The predicted molar refractivity (Wildman–Crippen MR) is 70.8 cm³/mol. The van der Waals surface area contributed by atoms with E-state index in [0.717, 1.165) is 5.69 Å². The maximum atomic E-state index is 13.2. The molecule has 1 aliphatic carbocycles. The number of carbonyl (C=O) groups excluding carboxylic acids is 1. The molecule has 3 rings (SSSR count).